The summed E-state index contributed by atoms with van der Waals surface area (Å²) in [4.78, 5) is 16.6. The van der Waals surface area contributed by atoms with Gasteiger partial charge in [0.05, 0.1) is 17.7 Å². The van der Waals surface area contributed by atoms with E-state index < -0.39 is 15.8 Å². The van der Waals surface area contributed by atoms with Gasteiger partial charge in [-0.3, -0.25) is 0 Å². The van der Waals surface area contributed by atoms with Crippen LogP contribution in [0.1, 0.15) is 9.67 Å². The molecule has 8 heteroatoms. The summed E-state index contributed by atoms with van der Waals surface area (Å²) >= 11 is 1.07. The van der Waals surface area contributed by atoms with Gasteiger partial charge in [0.25, 0.3) is 0 Å². The highest BCUT2D eigenvalue weighted by Crippen LogP contribution is 2.23. The van der Waals surface area contributed by atoms with Crippen LogP contribution in [0.4, 0.5) is 5.13 Å². The number of hydrogen-bond acceptors (Lipinski definition) is 6. The Morgan fingerprint density at radius 1 is 1.44 bits per heavy atom. The van der Waals surface area contributed by atoms with Gasteiger partial charge in [-0.15, -0.1) is 0 Å². The molecular weight excluding hydrogens is 252 g/mol. The lowest BCUT2D eigenvalue weighted by molar-refractivity contribution is 0.0702. The Hall–Kier alpha value is -1.15. The molecule has 1 fully saturated rings. The minimum absolute atomic E-state index is 0.106. The fourth-order valence-electron chi connectivity index (χ4n) is 1.41. The number of aromatic carboxylic acids is 1. The number of thiazole rings is 1. The lowest BCUT2D eigenvalue weighted by atomic mass is 10.5. The summed E-state index contributed by atoms with van der Waals surface area (Å²) in [5.74, 6) is -0.794. The predicted molar refractivity (Wildman–Crippen MR) is 59.9 cm³/mol. The van der Waals surface area contributed by atoms with Crippen molar-refractivity contribution in [2.45, 2.75) is 0 Å². The van der Waals surface area contributed by atoms with E-state index in [1.807, 2.05) is 0 Å². The quantitative estimate of drug-likeness (QED) is 0.812. The third kappa shape index (κ3) is 2.33. The highest BCUT2D eigenvalue weighted by molar-refractivity contribution is 7.91. The van der Waals surface area contributed by atoms with Crippen LogP contribution in [-0.4, -0.2) is 49.1 Å². The molecule has 0 bridgehead atoms. The molecule has 0 radical (unpaired) electrons. The van der Waals surface area contributed by atoms with Crippen LogP contribution in [0.2, 0.25) is 0 Å². The van der Waals surface area contributed by atoms with Crippen molar-refractivity contribution in [2.75, 3.05) is 29.5 Å². The van der Waals surface area contributed by atoms with E-state index in [1.165, 1.54) is 6.20 Å². The van der Waals surface area contributed by atoms with Gasteiger partial charge >= 0.3 is 5.97 Å². The van der Waals surface area contributed by atoms with Gasteiger partial charge in [0, 0.05) is 13.1 Å². The number of rotatable bonds is 2. The standard InChI is InChI=1S/C8H10N2O4S2/c11-7(12)6-5-9-8(15-6)10-1-3-16(13,14)4-2-10/h5H,1-4H2,(H,11,12). The van der Waals surface area contributed by atoms with Gasteiger partial charge < -0.3 is 10.0 Å². The third-order valence-electron chi connectivity index (χ3n) is 2.32. The first-order chi connectivity index (χ1) is 7.48. The van der Waals surface area contributed by atoms with E-state index in [0.717, 1.165) is 11.3 Å². The van der Waals surface area contributed by atoms with E-state index >= 15 is 0 Å². The summed E-state index contributed by atoms with van der Waals surface area (Å²) in [5.41, 5.74) is 0. The molecule has 0 aliphatic carbocycles. The highest BCUT2D eigenvalue weighted by Gasteiger charge is 2.24. The van der Waals surface area contributed by atoms with Crippen LogP contribution in [-0.2, 0) is 9.84 Å². The minimum Gasteiger partial charge on any atom is -0.477 e. The number of nitrogens with zero attached hydrogens (tertiary/aromatic N) is 2. The predicted octanol–water partition coefficient (Wildman–Crippen LogP) is 0.0761. The Kier molecular flexibility index (Phi) is 2.85. The Morgan fingerprint density at radius 2 is 2.06 bits per heavy atom. The molecule has 2 rings (SSSR count). The Labute approximate surface area is 96.5 Å². The minimum atomic E-state index is -2.91. The van der Waals surface area contributed by atoms with Crippen molar-refractivity contribution in [3.63, 3.8) is 0 Å². The smallest absolute Gasteiger partial charge is 0.347 e. The van der Waals surface area contributed by atoms with Crippen LogP contribution in [0.5, 0.6) is 0 Å². The normalized spacial score (nSPS) is 19.6. The first-order valence-electron chi connectivity index (χ1n) is 4.62. The summed E-state index contributed by atoms with van der Waals surface area (Å²) in [6.07, 6.45) is 1.30. The largest absolute Gasteiger partial charge is 0.477 e. The van der Waals surface area contributed by atoms with Gasteiger partial charge in [0.1, 0.15) is 4.88 Å². The molecule has 1 aliphatic heterocycles. The van der Waals surface area contributed by atoms with Gasteiger partial charge in [0.15, 0.2) is 15.0 Å². The monoisotopic (exact) mass is 262 g/mol. The molecule has 0 unspecified atom stereocenters. The van der Waals surface area contributed by atoms with Crippen LogP contribution in [0.3, 0.4) is 0 Å². The van der Waals surface area contributed by atoms with Crippen molar-refractivity contribution >= 4 is 32.3 Å². The molecule has 1 N–H and O–H groups in total. The lowest BCUT2D eigenvalue weighted by Gasteiger charge is -2.25. The van der Waals surface area contributed by atoms with Crippen molar-refractivity contribution in [1.82, 2.24) is 4.98 Å². The van der Waals surface area contributed by atoms with Crippen molar-refractivity contribution in [3.8, 4) is 0 Å². The second-order valence-electron chi connectivity index (χ2n) is 3.45. The van der Waals surface area contributed by atoms with Crippen molar-refractivity contribution < 1.29 is 18.3 Å². The maximum atomic E-state index is 11.2. The number of carbonyl (C=O) groups is 1. The summed E-state index contributed by atoms with van der Waals surface area (Å²) < 4.78 is 22.4. The summed E-state index contributed by atoms with van der Waals surface area (Å²) in [6, 6.07) is 0. The maximum Gasteiger partial charge on any atom is 0.347 e. The van der Waals surface area contributed by atoms with Gasteiger partial charge in [-0.25, -0.2) is 18.2 Å². The zero-order valence-corrected chi connectivity index (χ0v) is 9.92. The second kappa shape index (κ2) is 4.02. The highest BCUT2D eigenvalue weighted by atomic mass is 32.2. The number of anilines is 1. The Morgan fingerprint density at radius 3 is 2.56 bits per heavy atom. The fraction of sp³-hybridized carbons (Fsp3) is 0.500. The van der Waals surface area contributed by atoms with Crippen molar-refractivity contribution in [1.29, 1.82) is 0 Å². The number of carboxylic acid groups (broad SMARTS) is 1. The zero-order valence-electron chi connectivity index (χ0n) is 8.29. The molecule has 1 aliphatic rings. The number of aromatic nitrogens is 1. The van der Waals surface area contributed by atoms with E-state index in [1.54, 1.807) is 4.90 Å². The molecule has 88 valence electrons. The SMILES string of the molecule is O=C(O)c1cnc(N2CCS(=O)(=O)CC2)s1. The van der Waals surface area contributed by atoms with Gasteiger partial charge in [-0.2, -0.15) is 0 Å². The summed E-state index contributed by atoms with van der Waals surface area (Å²) in [7, 11) is -2.91. The Balaban J connectivity index is 2.11. The lowest BCUT2D eigenvalue weighted by Crippen LogP contribution is -2.40. The van der Waals surface area contributed by atoms with E-state index in [9.17, 15) is 13.2 Å². The van der Waals surface area contributed by atoms with Crippen molar-refractivity contribution in [2.24, 2.45) is 0 Å². The van der Waals surface area contributed by atoms with E-state index in [4.69, 9.17) is 5.11 Å². The molecule has 0 saturated carbocycles. The Bertz CT molecular complexity index is 494. The van der Waals surface area contributed by atoms with Gasteiger partial charge in [-0.05, 0) is 0 Å². The van der Waals surface area contributed by atoms with Crippen LogP contribution in [0, 0.1) is 0 Å². The van der Waals surface area contributed by atoms with Gasteiger partial charge in [-0.1, -0.05) is 11.3 Å². The molecule has 0 atom stereocenters. The molecule has 16 heavy (non-hydrogen) atoms. The average Bonchev–Trinajstić information content (AvgIpc) is 2.66. The first-order valence-corrected chi connectivity index (χ1v) is 7.26. The fourth-order valence-corrected chi connectivity index (χ4v) is 3.42. The molecule has 0 aromatic carbocycles. The maximum absolute atomic E-state index is 11.2. The van der Waals surface area contributed by atoms with Gasteiger partial charge in [0.2, 0.25) is 0 Å². The molecule has 1 saturated heterocycles. The molecule has 6 nitrogen and oxygen atoms in total. The third-order valence-corrected chi connectivity index (χ3v) is 4.97. The van der Waals surface area contributed by atoms with Crippen LogP contribution >= 0.6 is 11.3 Å². The molecule has 0 spiro atoms. The summed E-state index contributed by atoms with van der Waals surface area (Å²) in [6.45, 7) is 0.768. The summed E-state index contributed by atoms with van der Waals surface area (Å²) in [5, 5.41) is 9.31. The topological polar surface area (TPSA) is 87.6 Å². The molecule has 0 amide bonds. The van der Waals surface area contributed by atoms with Crippen molar-refractivity contribution in [3.05, 3.63) is 11.1 Å². The number of sulfone groups is 1. The number of carboxylic acids is 1. The molecule has 1 aromatic rings. The number of hydrogen-bond donors (Lipinski definition) is 1. The first kappa shape index (κ1) is 11.3. The van der Waals surface area contributed by atoms with E-state index in [2.05, 4.69) is 4.98 Å². The van der Waals surface area contributed by atoms with E-state index in [0.29, 0.717) is 18.2 Å². The average molecular weight is 262 g/mol. The molecule has 1 aromatic heterocycles. The second-order valence-corrected chi connectivity index (χ2v) is 6.76. The molecule has 2 heterocycles. The molecular formula is C8H10N2O4S2. The van der Waals surface area contributed by atoms with E-state index in [-0.39, 0.29) is 16.4 Å². The van der Waals surface area contributed by atoms with Crippen LogP contribution < -0.4 is 4.90 Å². The van der Waals surface area contributed by atoms with Crippen LogP contribution in [0.15, 0.2) is 6.20 Å². The van der Waals surface area contributed by atoms with Crippen LogP contribution in [0.25, 0.3) is 0 Å². The zero-order chi connectivity index (χ0) is 11.8.